The Morgan fingerprint density at radius 1 is 1.20 bits per heavy atom. The Morgan fingerprint density at radius 3 is 2.53 bits per heavy atom. The second-order valence-electron chi connectivity index (χ2n) is 7.73. The first-order chi connectivity index (χ1) is 14.5. The fourth-order valence-electron chi connectivity index (χ4n) is 4.35. The Morgan fingerprint density at radius 2 is 1.90 bits per heavy atom. The van der Waals surface area contributed by atoms with E-state index in [0.717, 1.165) is 30.8 Å². The number of carbonyl (C=O) groups is 2. The predicted octanol–water partition coefficient (Wildman–Crippen LogP) is 0.712. The first-order valence-corrected chi connectivity index (χ1v) is 10.2. The zero-order valence-corrected chi connectivity index (χ0v) is 17.5. The van der Waals surface area contributed by atoms with Gasteiger partial charge in [-0.1, -0.05) is 6.07 Å². The number of likely N-dealkylation sites (tertiary alicyclic amines) is 1. The fraction of sp³-hybridized carbons (Fsp3) is 0.524. The van der Waals surface area contributed by atoms with Gasteiger partial charge < -0.3 is 34.1 Å². The number of piperidine rings is 1. The van der Waals surface area contributed by atoms with Crippen molar-refractivity contribution in [1.29, 1.82) is 0 Å². The standard InChI is InChI=1S/C21H27N3O6/c1-13(24-9-7-21(8-10-24)29-11-12-30-21)19(25)23-17-16-14(5-4-6-15(16)27-2)22-18(17)20(26)28-3/h4-6,13,22H,7-12H2,1-3H3,(H,23,25)/p+1/t13-/m1/s1. The van der Waals surface area contributed by atoms with E-state index in [2.05, 4.69) is 10.3 Å². The van der Waals surface area contributed by atoms with Crippen LogP contribution in [0, 0.1) is 0 Å². The van der Waals surface area contributed by atoms with E-state index in [4.69, 9.17) is 18.9 Å². The molecule has 0 bridgehead atoms. The molecule has 3 N–H and O–H groups in total. The number of fused-ring (bicyclic) bond motifs is 1. The summed E-state index contributed by atoms with van der Waals surface area (Å²) in [4.78, 5) is 29.6. The van der Waals surface area contributed by atoms with E-state index in [1.165, 1.54) is 7.11 Å². The Kier molecular flexibility index (Phi) is 5.68. The number of hydrogen-bond donors (Lipinski definition) is 3. The number of nitrogens with one attached hydrogen (secondary N) is 3. The van der Waals surface area contributed by atoms with Crippen molar-refractivity contribution in [3.8, 4) is 5.75 Å². The van der Waals surface area contributed by atoms with Crippen LogP contribution in [0.5, 0.6) is 5.75 Å². The van der Waals surface area contributed by atoms with Gasteiger partial charge in [-0.25, -0.2) is 4.79 Å². The Labute approximate surface area is 174 Å². The quantitative estimate of drug-likeness (QED) is 0.618. The number of benzene rings is 1. The third-order valence-corrected chi connectivity index (χ3v) is 6.12. The molecule has 2 aromatic rings. The zero-order chi connectivity index (χ0) is 21.3. The number of hydrogen-bond acceptors (Lipinski definition) is 6. The van der Waals surface area contributed by atoms with E-state index >= 15 is 0 Å². The molecule has 2 aliphatic rings. The van der Waals surface area contributed by atoms with Gasteiger partial charge in [-0.3, -0.25) is 4.79 Å². The van der Waals surface area contributed by atoms with Crippen molar-refractivity contribution in [3.63, 3.8) is 0 Å². The minimum Gasteiger partial charge on any atom is -0.496 e. The summed E-state index contributed by atoms with van der Waals surface area (Å²) in [5.41, 5.74) is 1.25. The average molecular weight is 418 g/mol. The number of methoxy groups -OCH3 is 2. The van der Waals surface area contributed by atoms with Gasteiger partial charge in [-0.2, -0.15) is 0 Å². The van der Waals surface area contributed by atoms with Crippen molar-refractivity contribution >= 4 is 28.5 Å². The van der Waals surface area contributed by atoms with Crippen LogP contribution in [0.15, 0.2) is 18.2 Å². The molecule has 0 saturated carbocycles. The number of aromatic nitrogens is 1. The van der Waals surface area contributed by atoms with E-state index < -0.39 is 11.8 Å². The molecule has 9 nitrogen and oxygen atoms in total. The van der Waals surface area contributed by atoms with Crippen LogP contribution >= 0.6 is 0 Å². The molecule has 1 amide bonds. The summed E-state index contributed by atoms with van der Waals surface area (Å²) in [6, 6.07) is 5.11. The summed E-state index contributed by atoms with van der Waals surface area (Å²) in [6.07, 6.45) is 1.52. The highest BCUT2D eigenvalue weighted by Gasteiger charge is 2.43. The molecule has 9 heteroatoms. The highest BCUT2D eigenvalue weighted by molar-refractivity contribution is 6.13. The molecule has 0 radical (unpaired) electrons. The number of ether oxygens (including phenoxy) is 4. The van der Waals surface area contributed by atoms with Gasteiger partial charge in [0, 0.05) is 0 Å². The Balaban J connectivity index is 1.55. The van der Waals surface area contributed by atoms with E-state index in [-0.39, 0.29) is 17.6 Å². The highest BCUT2D eigenvalue weighted by atomic mass is 16.7. The molecule has 1 aromatic carbocycles. The topological polar surface area (TPSA) is 103 Å². The lowest BCUT2D eigenvalue weighted by atomic mass is 10.0. The second kappa shape index (κ2) is 8.25. The van der Waals surface area contributed by atoms with Crippen LogP contribution in [0.25, 0.3) is 10.9 Å². The summed E-state index contributed by atoms with van der Waals surface area (Å²) >= 11 is 0. The number of rotatable bonds is 5. The molecule has 30 heavy (non-hydrogen) atoms. The van der Waals surface area contributed by atoms with Crippen molar-refractivity contribution in [2.24, 2.45) is 0 Å². The van der Waals surface area contributed by atoms with Crippen LogP contribution < -0.4 is 15.0 Å². The molecule has 2 saturated heterocycles. The molecule has 162 valence electrons. The molecule has 4 rings (SSSR count). The van der Waals surface area contributed by atoms with Crippen molar-refractivity contribution in [3.05, 3.63) is 23.9 Å². The zero-order valence-electron chi connectivity index (χ0n) is 17.5. The average Bonchev–Trinajstić information content (AvgIpc) is 3.38. The summed E-state index contributed by atoms with van der Waals surface area (Å²) in [6.45, 7) is 4.70. The maximum Gasteiger partial charge on any atom is 0.356 e. The number of quaternary nitrogens is 1. The monoisotopic (exact) mass is 418 g/mol. The number of anilines is 1. The third kappa shape index (κ3) is 3.64. The van der Waals surface area contributed by atoms with Gasteiger partial charge in [0.2, 0.25) is 0 Å². The van der Waals surface area contributed by atoms with Crippen LogP contribution in [-0.4, -0.2) is 69.2 Å². The minimum atomic E-state index is -0.556. The van der Waals surface area contributed by atoms with Crippen molar-refractivity contribution in [2.45, 2.75) is 31.6 Å². The fourth-order valence-corrected chi connectivity index (χ4v) is 4.35. The van der Waals surface area contributed by atoms with Gasteiger partial charge in [-0.15, -0.1) is 0 Å². The van der Waals surface area contributed by atoms with Gasteiger partial charge in [0.1, 0.15) is 11.4 Å². The second-order valence-corrected chi connectivity index (χ2v) is 7.73. The molecule has 1 atom stereocenters. The summed E-state index contributed by atoms with van der Waals surface area (Å²) < 4.78 is 21.9. The molecular formula is C21H28N3O6+. The molecule has 0 unspecified atom stereocenters. The largest absolute Gasteiger partial charge is 0.496 e. The summed E-state index contributed by atoms with van der Waals surface area (Å²) in [7, 11) is 2.86. The van der Waals surface area contributed by atoms with Crippen molar-refractivity contribution < 1.29 is 33.4 Å². The molecule has 1 spiro atoms. The smallest absolute Gasteiger partial charge is 0.356 e. The van der Waals surface area contributed by atoms with Crippen LogP contribution in [-0.2, 0) is 19.0 Å². The molecule has 3 heterocycles. The molecule has 0 aliphatic carbocycles. The van der Waals surface area contributed by atoms with Crippen molar-refractivity contribution in [1.82, 2.24) is 4.98 Å². The predicted molar refractivity (Wildman–Crippen MR) is 109 cm³/mol. The number of carbonyl (C=O) groups excluding carboxylic acids is 2. The number of H-pyrrole nitrogens is 1. The van der Waals surface area contributed by atoms with Crippen LogP contribution in [0.1, 0.15) is 30.3 Å². The highest BCUT2D eigenvalue weighted by Crippen LogP contribution is 2.35. The molecule has 2 fully saturated rings. The van der Waals surface area contributed by atoms with E-state index in [1.54, 1.807) is 13.2 Å². The lowest BCUT2D eigenvalue weighted by molar-refractivity contribution is -0.922. The lowest BCUT2D eigenvalue weighted by Gasteiger charge is -2.37. The van der Waals surface area contributed by atoms with Gasteiger partial charge >= 0.3 is 5.97 Å². The first-order valence-electron chi connectivity index (χ1n) is 10.2. The van der Waals surface area contributed by atoms with Gasteiger partial charge in [0.05, 0.1) is 70.0 Å². The van der Waals surface area contributed by atoms with E-state index in [0.29, 0.717) is 35.6 Å². The maximum absolute atomic E-state index is 13.1. The SMILES string of the molecule is COC(=O)c1[nH]c2cccc(OC)c2c1NC(=O)[C@@H](C)[NH+]1CCC2(CC1)OCCO2. The summed E-state index contributed by atoms with van der Waals surface area (Å²) in [5, 5.41) is 3.59. The van der Waals surface area contributed by atoms with Crippen LogP contribution in [0.2, 0.25) is 0 Å². The summed E-state index contributed by atoms with van der Waals surface area (Å²) in [5.74, 6) is -0.642. The molecule has 2 aliphatic heterocycles. The third-order valence-electron chi connectivity index (χ3n) is 6.12. The first kappa shape index (κ1) is 20.6. The van der Waals surface area contributed by atoms with Gasteiger partial charge in [0.15, 0.2) is 11.8 Å². The van der Waals surface area contributed by atoms with E-state index in [9.17, 15) is 9.59 Å². The normalized spacial score (nSPS) is 19.7. The van der Waals surface area contributed by atoms with E-state index in [1.807, 2.05) is 19.1 Å². The van der Waals surface area contributed by atoms with Crippen molar-refractivity contribution in [2.75, 3.05) is 45.8 Å². The maximum atomic E-state index is 13.1. The van der Waals surface area contributed by atoms with Crippen LogP contribution in [0.4, 0.5) is 5.69 Å². The number of esters is 1. The molecule has 1 aromatic heterocycles. The Hall–Kier alpha value is -2.62. The number of aromatic amines is 1. The van der Waals surface area contributed by atoms with Crippen LogP contribution in [0.3, 0.4) is 0 Å². The number of amides is 1. The lowest BCUT2D eigenvalue weighted by Crippen LogP contribution is -3.18. The molecular weight excluding hydrogens is 390 g/mol. The Bertz CT molecular complexity index is 940. The van der Waals surface area contributed by atoms with Gasteiger partial charge in [-0.05, 0) is 19.1 Å². The van der Waals surface area contributed by atoms with Gasteiger partial charge in [0.25, 0.3) is 5.91 Å². The minimum absolute atomic E-state index is 0.175.